The average molecular weight is 278 g/mol. The molecule has 3 rings (SSSR count). The highest BCUT2D eigenvalue weighted by Gasteiger charge is 2.41. The summed E-state index contributed by atoms with van der Waals surface area (Å²) in [5.74, 6) is 1.49. The molecular weight excluding hydrogens is 256 g/mol. The van der Waals surface area contributed by atoms with E-state index in [2.05, 4.69) is 15.2 Å². The summed E-state index contributed by atoms with van der Waals surface area (Å²) < 4.78 is 5.99. The van der Waals surface area contributed by atoms with Gasteiger partial charge in [-0.15, -0.1) is 5.10 Å². The Morgan fingerprint density at radius 2 is 1.85 bits per heavy atom. The van der Waals surface area contributed by atoms with Crippen molar-refractivity contribution in [2.24, 2.45) is 0 Å². The van der Waals surface area contributed by atoms with Crippen LogP contribution in [0.1, 0.15) is 62.9 Å². The molecule has 2 heterocycles. The molecule has 1 aromatic heterocycles. The van der Waals surface area contributed by atoms with Gasteiger partial charge in [0, 0.05) is 19.0 Å². The van der Waals surface area contributed by atoms with Crippen LogP contribution in [0.4, 0.5) is 0 Å². The largest absolute Gasteiger partial charge is 0.366 e. The summed E-state index contributed by atoms with van der Waals surface area (Å²) in [5, 5.41) is 6.97. The van der Waals surface area contributed by atoms with Crippen molar-refractivity contribution in [2.75, 3.05) is 13.1 Å². The standard InChI is InChI=1S/C14H22N4O2/c1-13(2)7-18(8-14(3,4)20-13)12(19)11-15-10(16-17-11)9-5-6-9/h9H,5-8H2,1-4H3,(H,15,16,17). The van der Waals surface area contributed by atoms with Gasteiger partial charge in [0.1, 0.15) is 5.82 Å². The number of aromatic nitrogens is 3. The third-order valence-electron chi connectivity index (χ3n) is 3.64. The highest BCUT2D eigenvalue weighted by atomic mass is 16.5. The molecule has 0 unspecified atom stereocenters. The van der Waals surface area contributed by atoms with Gasteiger partial charge in [0.05, 0.1) is 11.2 Å². The lowest BCUT2D eigenvalue weighted by Gasteiger charge is -2.46. The number of carbonyl (C=O) groups is 1. The van der Waals surface area contributed by atoms with E-state index in [9.17, 15) is 4.79 Å². The van der Waals surface area contributed by atoms with E-state index in [1.165, 1.54) is 0 Å². The van der Waals surface area contributed by atoms with Crippen LogP contribution in [0.2, 0.25) is 0 Å². The Morgan fingerprint density at radius 1 is 1.25 bits per heavy atom. The number of ether oxygens (including phenoxy) is 1. The molecule has 1 saturated carbocycles. The number of carbonyl (C=O) groups excluding carboxylic acids is 1. The summed E-state index contributed by atoms with van der Waals surface area (Å²) in [6.07, 6.45) is 2.28. The molecule has 0 spiro atoms. The fourth-order valence-electron chi connectivity index (χ4n) is 2.98. The van der Waals surface area contributed by atoms with Crippen molar-refractivity contribution in [3.63, 3.8) is 0 Å². The minimum absolute atomic E-state index is 0.113. The van der Waals surface area contributed by atoms with Crippen molar-refractivity contribution in [3.05, 3.63) is 11.6 Å². The molecule has 20 heavy (non-hydrogen) atoms. The molecule has 1 aliphatic heterocycles. The lowest BCUT2D eigenvalue weighted by atomic mass is 9.99. The molecule has 2 aliphatic rings. The molecule has 6 heteroatoms. The lowest BCUT2D eigenvalue weighted by Crippen LogP contribution is -2.58. The summed E-state index contributed by atoms with van der Waals surface area (Å²) in [5.41, 5.74) is -0.708. The van der Waals surface area contributed by atoms with Crippen LogP contribution in [-0.4, -0.2) is 50.3 Å². The van der Waals surface area contributed by atoms with Gasteiger partial charge in [0.25, 0.3) is 5.91 Å². The molecule has 1 N–H and O–H groups in total. The maximum Gasteiger partial charge on any atom is 0.293 e. The van der Waals surface area contributed by atoms with E-state index in [-0.39, 0.29) is 22.9 Å². The molecule has 0 radical (unpaired) electrons. The fourth-order valence-corrected chi connectivity index (χ4v) is 2.98. The topological polar surface area (TPSA) is 71.1 Å². The number of H-pyrrole nitrogens is 1. The number of aromatic amines is 1. The molecule has 0 atom stereocenters. The van der Waals surface area contributed by atoms with Crippen LogP contribution in [0.3, 0.4) is 0 Å². The maximum atomic E-state index is 12.6. The highest BCUT2D eigenvalue weighted by Crippen LogP contribution is 2.38. The van der Waals surface area contributed by atoms with E-state index in [1.54, 1.807) is 4.90 Å². The molecular formula is C14H22N4O2. The summed E-state index contributed by atoms with van der Waals surface area (Å²) >= 11 is 0. The van der Waals surface area contributed by atoms with Crippen LogP contribution in [0, 0.1) is 0 Å². The summed E-state index contributed by atoms with van der Waals surface area (Å²) in [4.78, 5) is 18.7. The average Bonchev–Trinajstić information content (AvgIpc) is 3.02. The minimum atomic E-state index is -0.354. The number of hydrogen-bond donors (Lipinski definition) is 1. The normalized spacial score (nSPS) is 24.7. The van der Waals surface area contributed by atoms with Gasteiger partial charge in [0.2, 0.25) is 5.82 Å². The first-order valence-corrected chi connectivity index (χ1v) is 7.18. The van der Waals surface area contributed by atoms with E-state index in [0.717, 1.165) is 18.7 Å². The number of amides is 1. The van der Waals surface area contributed by atoms with Crippen molar-refractivity contribution in [2.45, 2.75) is 57.7 Å². The zero-order valence-electron chi connectivity index (χ0n) is 12.6. The molecule has 0 aromatic carbocycles. The van der Waals surface area contributed by atoms with Crippen LogP contribution in [-0.2, 0) is 4.74 Å². The van der Waals surface area contributed by atoms with Crippen molar-refractivity contribution in [3.8, 4) is 0 Å². The first-order valence-electron chi connectivity index (χ1n) is 7.18. The van der Waals surface area contributed by atoms with Crippen molar-refractivity contribution < 1.29 is 9.53 Å². The first kappa shape index (κ1) is 13.5. The number of nitrogens with one attached hydrogen (secondary N) is 1. The zero-order chi connectivity index (χ0) is 14.5. The first-order chi connectivity index (χ1) is 9.26. The smallest absolute Gasteiger partial charge is 0.293 e. The van der Waals surface area contributed by atoms with Gasteiger partial charge in [-0.3, -0.25) is 9.89 Å². The number of morpholine rings is 1. The Kier molecular flexibility index (Phi) is 2.90. The van der Waals surface area contributed by atoms with E-state index >= 15 is 0 Å². The summed E-state index contributed by atoms with van der Waals surface area (Å²) in [6, 6.07) is 0. The zero-order valence-corrected chi connectivity index (χ0v) is 12.6. The Morgan fingerprint density at radius 3 is 2.40 bits per heavy atom. The quantitative estimate of drug-likeness (QED) is 0.894. The molecule has 1 aliphatic carbocycles. The van der Waals surface area contributed by atoms with Gasteiger partial charge >= 0.3 is 0 Å². The lowest BCUT2D eigenvalue weighted by molar-refractivity contribution is -0.171. The second-order valence-electron chi connectivity index (χ2n) is 7.10. The number of hydrogen-bond acceptors (Lipinski definition) is 4. The molecule has 110 valence electrons. The van der Waals surface area contributed by atoms with E-state index in [4.69, 9.17) is 4.74 Å². The van der Waals surface area contributed by atoms with Crippen LogP contribution in [0.15, 0.2) is 0 Å². The third-order valence-corrected chi connectivity index (χ3v) is 3.64. The number of nitrogens with zero attached hydrogens (tertiary/aromatic N) is 3. The van der Waals surface area contributed by atoms with Gasteiger partial charge in [-0.1, -0.05) is 0 Å². The second kappa shape index (κ2) is 4.28. The SMILES string of the molecule is CC1(C)CN(C(=O)c2n[nH]c(C3CC3)n2)CC(C)(C)O1. The summed E-state index contributed by atoms with van der Waals surface area (Å²) in [6.45, 7) is 9.12. The molecule has 1 saturated heterocycles. The Balaban J connectivity index is 1.78. The van der Waals surface area contributed by atoms with Crippen molar-refractivity contribution >= 4 is 5.91 Å². The van der Waals surface area contributed by atoms with Crippen LogP contribution >= 0.6 is 0 Å². The molecule has 1 aromatic rings. The highest BCUT2D eigenvalue weighted by molar-refractivity contribution is 5.90. The molecule has 1 amide bonds. The van der Waals surface area contributed by atoms with Gasteiger partial charge in [0.15, 0.2) is 0 Å². The number of rotatable bonds is 2. The van der Waals surface area contributed by atoms with E-state index < -0.39 is 0 Å². The second-order valence-corrected chi connectivity index (χ2v) is 7.10. The van der Waals surface area contributed by atoms with Crippen LogP contribution < -0.4 is 0 Å². The Hall–Kier alpha value is -1.43. The maximum absolute atomic E-state index is 12.6. The Bertz CT molecular complexity index is 515. The van der Waals surface area contributed by atoms with Gasteiger partial charge in [-0.25, -0.2) is 4.98 Å². The van der Waals surface area contributed by atoms with Crippen LogP contribution in [0.5, 0.6) is 0 Å². The van der Waals surface area contributed by atoms with Gasteiger partial charge in [-0.05, 0) is 40.5 Å². The third kappa shape index (κ3) is 2.70. The fraction of sp³-hybridized carbons (Fsp3) is 0.786. The van der Waals surface area contributed by atoms with E-state index in [1.807, 2.05) is 27.7 Å². The summed E-state index contributed by atoms with van der Waals surface area (Å²) in [7, 11) is 0. The van der Waals surface area contributed by atoms with Gasteiger partial charge in [-0.2, -0.15) is 0 Å². The predicted molar refractivity (Wildman–Crippen MR) is 73.5 cm³/mol. The Labute approximate surface area is 118 Å². The van der Waals surface area contributed by atoms with Crippen molar-refractivity contribution in [1.29, 1.82) is 0 Å². The van der Waals surface area contributed by atoms with Gasteiger partial charge < -0.3 is 9.64 Å². The minimum Gasteiger partial charge on any atom is -0.366 e. The van der Waals surface area contributed by atoms with E-state index in [0.29, 0.717) is 19.0 Å². The van der Waals surface area contributed by atoms with Crippen LogP contribution in [0.25, 0.3) is 0 Å². The van der Waals surface area contributed by atoms with Crippen molar-refractivity contribution in [1.82, 2.24) is 20.1 Å². The molecule has 6 nitrogen and oxygen atoms in total. The predicted octanol–water partition coefficient (Wildman–Crippen LogP) is 1.71. The molecule has 2 fully saturated rings. The monoisotopic (exact) mass is 278 g/mol. The molecule has 0 bridgehead atoms.